The van der Waals surface area contributed by atoms with Gasteiger partial charge in [-0.25, -0.2) is 9.97 Å². The molecule has 0 atom stereocenters. The highest BCUT2D eigenvalue weighted by Gasteiger charge is 2.22. The maximum atomic E-state index is 12.7. The molecule has 9 heteroatoms. The number of benzene rings is 2. The zero-order valence-electron chi connectivity index (χ0n) is 19.9. The normalized spacial score (nSPS) is 12.5. The summed E-state index contributed by atoms with van der Waals surface area (Å²) >= 11 is 0. The molecule has 1 aromatic heterocycles. The predicted octanol–water partition coefficient (Wildman–Crippen LogP) is 3.33. The summed E-state index contributed by atoms with van der Waals surface area (Å²) in [6.07, 6.45) is 5.04. The second kappa shape index (κ2) is 11.3. The molecule has 0 radical (unpaired) electrons. The number of anilines is 2. The number of hydrogen-bond donors (Lipinski definition) is 2. The maximum Gasteiger partial charge on any atom is 0.251 e. The van der Waals surface area contributed by atoms with Gasteiger partial charge in [-0.1, -0.05) is 0 Å². The van der Waals surface area contributed by atoms with Gasteiger partial charge in [0.2, 0.25) is 11.9 Å². The van der Waals surface area contributed by atoms with Crippen LogP contribution in [0.1, 0.15) is 34.3 Å². The van der Waals surface area contributed by atoms with E-state index in [0.29, 0.717) is 55.5 Å². The van der Waals surface area contributed by atoms with Crippen LogP contribution in [0.5, 0.6) is 11.5 Å². The molecule has 0 saturated heterocycles. The summed E-state index contributed by atoms with van der Waals surface area (Å²) in [4.78, 5) is 35.2. The molecule has 0 unspecified atom stereocenters. The number of fused-ring (bicyclic) bond motifs is 1. The monoisotopic (exact) mass is 475 g/mol. The third-order valence-corrected chi connectivity index (χ3v) is 5.89. The number of amides is 2. The average Bonchev–Trinajstić information content (AvgIpc) is 2.90. The van der Waals surface area contributed by atoms with Crippen LogP contribution in [-0.2, 0) is 17.8 Å². The SMILES string of the molecule is COc1cc2c(cc1OC)CN(C(=O)CCCNC(=O)c1ccc(Nc3ncccn3)cc1)CC2. The summed E-state index contributed by atoms with van der Waals surface area (Å²) in [6.45, 7) is 1.65. The quantitative estimate of drug-likeness (QED) is 0.457. The number of aromatic nitrogens is 2. The van der Waals surface area contributed by atoms with Crippen LogP contribution in [0.4, 0.5) is 11.6 Å². The van der Waals surface area contributed by atoms with Crippen LogP contribution < -0.4 is 20.1 Å². The first-order chi connectivity index (χ1) is 17.1. The number of nitrogens with one attached hydrogen (secondary N) is 2. The largest absolute Gasteiger partial charge is 0.493 e. The number of methoxy groups -OCH3 is 2. The van der Waals surface area contributed by atoms with E-state index in [4.69, 9.17) is 9.47 Å². The van der Waals surface area contributed by atoms with Crippen LogP contribution in [0.15, 0.2) is 54.9 Å². The highest BCUT2D eigenvalue weighted by molar-refractivity contribution is 5.94. The van der Waals surface area contributed by atoms with E-state index in [2.05, 4.69) is 20.6 Å². The summed E-state index contributed by atoms with van der Waals surface area (Å²) in [7, 11) is 3.23. The number of rotatable bonds is 9. The van der Waals surface area contributed by atoms with E-state index in [1.54, 1.807) is 56.9 Å². The van der Waals surface area contributed by atoms with Gasteiger partial charge >= 0.3 is 0 Å². The molecule has 1 aliphatic rings. The van der Waals surface area contributed by atoms with E-state index >= 15 is 0 Å². The molecule has 0 bridgehead atoms. The Hall–Kier alpha value is -4.14. The molecule has 2 N–H and O–H groups in total. The lowest BCUT2D eigenvalue weighted by Gasteiger charge is -2.29. The van der Waals surface area contributed by atoms with Gasteiger partial charge in [0.1, 0.15) is 0 Å². The highest BCUT2D eigenvalue weighted by atomic mass is 16.5. The molecule has 0 aliphatic carbocycles. The van der Waals surface area contributed by atoms with Gasteiger partial charge in [-0.3, -0.25) is 9.59 Å². The lowest BCUT2D eigenvalue weighted by molar-refractivity contribution is -0.132. The minimum absolute atomic E-state index is 0.0817. The molecule has 9 nitrogen and oxygen atoms in total. The van der Waals surface area contributed by atoms with Crippen molar-refractivity contribution in [2.75, 3.05) is 32.6 Å². The van der Waals surface area contributed by atoms with Crippen LogP contribution in [0, 0.1) is 0 Å². The lowest BCUT2D eigenvalue weighted by atomic mass is 9.98. The van der Waals surface area contributed by atoms with Crippen molar-refractivity contribution in [1.82, 2.24) is 20.2 Å². The summed E-state index contributed by atoms with van der Waals surface area (Å²) in [5.74, 6) is 1.77. The summed E-state index contributed by atoms with van der Waals surface area (Å²) in [6, 6.07) is 12.7. The molecular weight excluding hydrogens is 446 g/mol. The Bertz CT molecular complexity index is 1170. The van der Waals surface area contributed by atoms with E-state index in [9.17, 15) is 9.59 Å². The van der Waals surface area contributed by atoms with Crippen molar-refractivity contribution in [1.29, 1.82) is 0 Å². The Morgan fingerprint density at radius 2 is 1.69 bits per heavy atom. The zero-order chi connectivity index (χ0) is 24.6. The smallest absolute Gasteiger partial charge is 0.251 e. The molecule has 0 saturated carbocycles. The second-order valence-corrected chi connectivity index (χ2v) is 8.18. The zero-order valence-corrected chi connectivity index (χ0v) is 19.9. The first-order valence-electron chi connectivity index (χ1n) is 11.5. The third kappa shape index (κ3) is 6.06. The van der Waals surface area contributed by atoms with Crippen LogP contribution in [0.3, 0.4) is 0 Å². The van der Waals surface area contributed by atoms with Crippen LogP contribution in [0.2, 0.25) is 0 Å². The molecule has 35 heavy (non-hydrogen) atoms. The number of carbonyl (C=O) groups excluding carboxylic acids is 2. The second-order valence-electron chi connectivity index (χ2n) is 8.18. The van der Waals surface area contributed by atoms with Gasteiger partial charge in [-0.2, -0.15) is 0 Å². The summed E-state index contributed by atoms with van der Waals surface area (Å²) < 4.78 is 10.8. The molecule has 4 rings (SSSR count). The van der Waals surface area contributed by atoms with Gasteiger partial charge in [-0.05, 0) is 66.4 Å². The average molecular weight is 476 g/mol. The molecule has 0 fully saturated rings. The Labute approximate surface area is 204 Å². The number of ether oxygens (including phenoxy) is 2. The fourth-order valence-corrected chi connectivity index (χ4v) is 4.00. The van der Waals surface area contributed by atoms with E-state index in [1.807, 2.05) is 17.0 Å². The van der Waals surface area contributed by atoms with Gasteiger partial charge in [0, 0.05) is 49.7 Å². The molecule has 0 spiro atoms. The molecular formula is C26H29N5O4. The molecule has 2 amide bonds. The molecule has 2 heterocycles. The molecule has 182 valence electrons. The Kier molecular flexibility index (Phi) is 7.77. The lowest BCUT2D eigenvalue weighted by Crippen LogP contribution is -2.36. The summed E-state index contributed by atoms with van der Waals surface area (Å²) in [5, 5.41) is 5.96. The topological polar surface area (TPSA) is 106 Å². The van der Waals surface area contributed by atoms with Gasteiger partial charge < -0.3 is 25.0 Å². The van der Waals surface area contributed by atoms with Crippen molar-refractivity contribution in [3.05, 3.63) is 71.5 Å². The standard InChI is InChI=1S/C26H29N5O4/c1-34-22-15-19-10-14-31(17-20(19)16-23(22)35-2)24(32)5-3-11-27-25(33)18-6-8-21(9-7-18)30-26-28-12-4-13-29-26/h4,6-9,12-13,15-16H,3,5,10-11,14,17H2,1-2H3,(H,27,33)(H,28,29,30). The van der Waals surface area contributed by atoms with Crippen LogP contribution in [0.25, 0.3) is 0 Å². The molecule has 2 aromatic carbocycles. The highest BCUT2D eigenvalue weighted by Crippen LogP contribution is 2.33. The van der Waals surface area contributed by atoms with Crippen LogP contribution in [-0.4, -0.2) is 54.0 Å². The van der Waals surface area contributed by atoms with Crippen LogP contribution >= 0.6 is 0 Å². The van der Waals surface area contributed by atoms with Gasteiger partial charge in [-0.15, -0.1) is 0 Å². The first-order valence-corrected chi connectivity index (χ1v) is 11.5. The van der Waals surface area contributed by atoms with Crippen molar-refractivity contribution in [3.8, 4) is 11.5 Å². The van der Waals surface area contributed by atoms with Crippen molar-refractivity contribution >= 4 is 23.5 Å². The maximum absolute atomic E-state index is 12.7. The van der Waals surface area contributed by atoms with E-state index in [0.717, 1.165) is 17.7 Å². The van der Waals surface area contributed by atoms with Gasteiger partial charge in [0.05, 0.1) is 14.2 Å². The van der Waals surface area contributed by atoms with Gasteiger partial charge in [0.25, 0.3) is 5.91 Å². The third-order valence-electron chi connectivity index (χ3n) is 5.89. The van der Waals surface area contributed by atoms with E-state index in [1.165, 1.54) is 5.56 Å². The predicted molar refractivity (Wildman–Crippen MR) is 132 cm³/mol. The molecule has 3 aromatic rings. The van der Waals surface area contributed by atoms with Crippen molar-refractivity contribution < 1.29 is 19.1 Å². The van der Waals surface area contributed by atoms with Crippen molar-refractivity contribution in [2.45, 2.75) is 25.8 Å². The minimum Gasteiger partial charge on any atom is -0.493 e. The molecule has 1 aliphatic heterocycles. The fourth-order valence-electron chi connectivity index (χ4n) is 4.00. The van der Waals surface area contributed by atoms with E-state index < -0.39 is 0 Å². The first kappa shape index (κ1) is 24.0. The fraction of sp³-hybridized carbons (Fsp3) is 0.308. The van der Waals surface area contributed by atoms with E-state index in [-0.39, 0.29) is 11.8 Å². The Morgan fingerprint density at radius 3 is 2.37 bits per heavy atom. The van der Waals surface area contributed by atoms with Gasteiger partial charge in [0.15, 0.2) is 11.5 Å². The Morgan fingerprint density at radius 1 is 1.00 bits per heavy atom. The number of nitrogens with zero attached hydrogens (tertiary/aromatic N) is 3. The number of hydrogen-bond acceptors (Lipinski definition) is 7. The minimum atomic E-state index is -0.173. The summed E-state index contributed by atoms with van der Waals surface area (Å²) in [5.41, 5.74) is 3.59. The van der Waals surface area contributed by atoms with Crippen molar-refractivity contribution in [2.24, 2.45) is 0 Å². The Balaban J connectivity index is 1.22. The van der Waals surface area contributed by atoms with Crippen molar-refractivity contribution in [3.63, 3.8) is 0 Å². The number of carbonyl (C=O) groups is 2.